The van der Waals surface area contributed by atoms with E-state index in [9.17, 15) is 4.79 Å². The molecule has 0 saturated carbocycles. The molecule has 0 bridgehead atoms. The lowest BCUT2D eigenvalue weighted by molar-refractivity contribution is 0.104. The lowest BCUT2D eigenvalue weighted by Crippen LogP contribution is -2.05. The van der Waals surface area contributed by atoms with E-state index in [0.29, 0.717) is 5.76 Å². The van der Waals surface area contributed by atoms with Crippen molar-refractivity contribution in [2.45, 2.75) is 13.3 Å². The van der Waals surface area contributed by atoms with Gasteiger partial charge in [-0.1, -0.05) is 19.1 Å². The molecule has 3 heteroatoms. The Labute approximate surface area is 104 Å². The first-order chi connectivity index (χ1) is 8.26. The van der Waals surface area contributed by atoms with Crippen molar-refractivity contribution in [2.75, 3.05) is 7.11 Å². The molecule has 3 rings (SSSR count). The summed E-state index contributed by atoms with van der Waals surface area (Å²) in [4.78, 5) is 13.3. The van der Waals surface area contributed by atoms with Crippen molar-refractivity contribution in [3.05, 3.63) is 40.3 Å². The lowest BCUT2D eigenvalue weighted by atomic mass is 9.94. The minimum atomic E-state index is 0.0420. The van der Waals surface area contributed by atoms with Gasteiger partial charge in [0.2, 0.25) is 0 Å². The number of ether oxygens (including phenoxy) is 1. The van der Waals surface area contributed by atoms with E-state index in [-0.39, 0.29) is 5.78 Å². The smallest absolute Gasteiger partial charge is 0.190 e. The second-order valence-corrected chi connectivity index (χ2v) is 5.15. The Morgan fingerprint density at radius 3 is 2.88 bits per heavy atom. The van der Waals surface area contributed by atoms with Gasteiger partial charge in [-0.2, -0.15) is 0 Å². The van der Waals surface area contributed by atoms with Crippen LogP contribution in [0.1, 0.15) is 27.7 Å². The molecule has 1 aliphatic rings. The van der Waals surface area contributed by atoms with Crippen molar-refractivity contribution >= 4 is 33.0 Å². The number of allylic oxidation sites excluding steroid dienone is 1. The molecule has 2 aromatic rings. The number of methoxy groups -OCH3 is 1. The molecule has 0 radical (unpaired) electrons. The summed E-state index contributed by atoms with van der Waals surface area (Å²) in [6.07, 6.45) is 2.56. The Balaban J connectivity index is 2.46. The van der Waals surface area contributed by atoms with Crippen LogP contribution in [0.3, 0.4) is 0 Å². The fraction of sp³-hybridized carbons (Fsp3) is 0.214. The largest absolute Gasteiger partial charge is 0.496 e. The van der Waals surface area contributed by atoms with Gasteiger partial charge in [-0.25, -0.2) is 0 Å². The molecular formula is C14H12O2S. The van der Waals surface area contributed by atoms with Crippen LogP contribution in [0.2, 0.25) is 0 Å². The third-order valence-electron chi connectivity index (χ3n) is 3.10. The number of ketones is 1. The summed E-state index contributed by atoms with van der Waals surface area (Å²) in [5.74, 6) is 0.747. The summed E-state index contributed by atoms with van der Waals surface area (Å²) in [5.41, 5.74) is 1.92. The molecule has 17 heavy (non-hydrogen) atoms. The van der Waals surface area contributed by atoms with Crippen molar-refractivity contribution in [2.24, 2.45) is 0 Å². The van der Waals surface area contributed by atoms with Crippen LogP contribution < -0.4 is 0 Å². The van der Waals surface area contributed by atoms with Gasteiger partial charge in [0.1, 0.15) is 5.76 Å². The number of aryl methyl sites for hydroxylation is 1. The van der Waals surface area contributed by atoms with Gasteiger partial charge in [-0.15, -0.1) is 11.3 Å². The molecule has 1 heterocycles. The quantitative estimate of drug-likeness (QED) is 0.806. The van der Waals surface area contributed by atoms with Crippen molar-refractivity contribution in [3.8, 4) is 0 Å². The molecule has 2 nitrogen and oxygen atoms in total. The minimum absolute atomic E-state index is 0.0420. The zero-order valence-electron chi connectivity index (χ0n) is 9.74. The first-order valence-electron chi connectivity index (χ1n) is 5.61. The number of hydrogen-bond donors (Lipinski definition) is 0. The number of thiophene rings is 1. The monoisotopic (exact) mass is 244 g/mol. The molecule has 0 saturated heterocycles. The highest BCUT2D eigenvalue weighted by atomic mass is 32.1. The van der Waals surface area contributed by atoms with Crippen LogP contribution in [-0.4, -0.2) is 12.9 Å². The van der Waals surface area contributed by atoms with Gasteiger partial charge in [0, 0.05) is 32.2 Å². The highest BCUT2D eigenvalue weighted by molar-refractivity contribution is 7.19. The average molecular weight is 244 g/mol. The van der Waals surface area contributed by atoms with Crippen LogP contribution in [0.15, 0.2) is 24.3 Å². The highest BCUT2D eigenvalue weighted by Gasteiger charge is 2.25. The molecule has 0 atom stereocenters. The molecule has 86 valence electrons. The van der Waals surface area contributed by atoms with Crippen LogP contribution in [0.25, 0.3) is 15.8 Å². The molecule has 0 spiro atoms. The van der Waals surface area contributed by atoms with Crippen LogP contribution in [0, 0.1) is 0 Å². The summed E-state index contributed by atoms with van der Waals surface area (Å²) in [6.45, 7) is 2.13. The average Bonchev–Trinajstić information content (AvgIpc) is 2.73. The number of benzene rings is 1. The van der Waals surface area contributed by atoms with Gasteiger partial charge in [0.25, 0.3) is 0 Å². The number of carbonyl (C=O) groups excluding carboxylic acids is 1. The normalized spacial score (nSPS) is 14.0. The summed E-state index contributed by atoms with van der Waals surface area (Å²) >= 11 is 1.75. The van der Waals surface area contributed by atoms with Gasteiger partial charge < -0.3 is 4.74 Å². The maximum Gasteiger partial charge on any atom is 0.190 e. The Hall–Kier alpha value is -1.61. The van der Waals surface area contributed by atoms with Crippen molar-refractivity contribution in [3.63, 3.8) is 0 Å². The van der Waals surface area contributed by atoms with Crippen LogP contribution in [0.5, 0.6) is 0 Å². The minimum Gasteiger partial charge on any atom is -0.496 e. The van der Waals surface area contributed by atoms with Gasteiger partial charge in [-0.05, 0) is 12.5 Å². The summed E-state index contributed by atoms with van der Waals surface area (Å²) < 4.78 is 6.53. The highest BCUT2D eigenvalue weighted by Crippen LogP contribution is 2.41. The zero-order chi connectivity index (χ0) is 12.0. The lowest BCUT2D eigenvalue weighted by Gasteiger charge is -2.13. The van der Waals surface area contributed by atoms with E-state index in [1.165, 1.54) is 9.58 Å². The van der Waals surface area contributed by atoms with E-state index in [0.717, 1.165) is 22.9 Å². The third-order valence-corrected chi connectivity index (χ3v) is 4.40. The van der Waals surface area contributed by atoms with Crippen LogP contribution >= 0.6 is 11.3 Å². The number of rotatable bonds is 2. The molecule has 0 unspecified atom stereocenters. The van der Waals surface area contributed by atoms with Crippen molar-refractivity contribution < 1.29 is 9.53 Å². The number of hydrogen-bond acceptors (Lipinski definition) is 3. The standard InChI is InChI=1S/C14H12O2S/c1-3-11-14-10(16-2)7-9(15)8-5-4-6-12(17-11)13(8)14/h4-7H,3H2,1-2H3. The van der Waals surface area contributed by atoms with E-state index < -0.39 is 0 Å². The first kappa shape index (κ1) is 10.5. The molecule has 0 N–H and O–H groups in total. The topological polar surface area (TPSA) is 26.3 Å². The molecule has 1 aromatic carbocycles. The Morgan fingerprint density at radius 1 is 1.35 bits per heavy atom. The van der Waals surface area contributed by atoms with Gasteiger partial charge >= 0.3 is 0 Å². The van der Waals surface area contributed by atoms with Gasteiger partial charge in [0.15, 0.2) is 5.78 Å². The third kappa shape index (κ3) is 1.35. The van der Waals surface area contributed by atoms with Crippen molar-refractivity contribution in [1.29, 1.82) is 0 Å². The van der Waals surface area contributed by atoms with Crippen LogP contribution in [0.4, 0.5) is 0 Å². The second kappa shape index (κ2) is 3.70. The molecule has 0 fully saturated rings. The fourth-order valence-corrected chi connectivity index (χ4v) is 3.52. The summed E-state index contributed by atoms with van der Waals surface area (Å²) in [7, 11) is 1.62. The Kier molecular flexibility index (Phi) is 2.30. The fourth-order valence-electron chi connectivity index (χ4n) is 2.34. The molecule has 0 amide bonds. The van der Waals surface area contributed by atoms with E-state index in [2.05, 4.69) is 13.0 Å². The number of carbonyl (C=O) groups is 1. The SMILES string of the molecule is CCc1sc2cccc3c2c1C(OC)=CC3=O. The maximum atomic E-state index is 12.0. The molecule has 0 aliphatic heterocycles. The Morgan fingerprint density at radius 2 is 2.18 bits per heavy atom. The van der Waals surface area contributed by atoms with E-state index in [4.69, 9.17) is 4.74 Å². The van der Waals surface area contributed by atoms with Gasteiger partial charge in [0.05, 0.1) is 7.11 Å². The maximum absolute atomic E-state index is 12.0. The molecule has 1 aliphatic carbocycles. The van der Waals surface area contributed by atoms with Crippen LogP contribution in [-0.2, 0) is 11.2 Å². The van der Waals surface area contributed by atoms with E-state index in [1.807, 2.05) is 12.1 Å². The molecular weight excluding hydrogens is 232 g/mol. The summed E-state index contributed by atoms with van der Waals surface area (Å²) in [5, 5.41) is 1.07. The Bertz CT molecular complexity index is 650. The van der Waals surface area contributed by atoms with E-state index in [1.54, 1.807) is 24.5 Å². The predicted octanol–water partition coefficient (Wildman–Crippen LogP) is 3.65. The first-order valence-corrected chi connectivity index (χ1v) is 6.42. The van der Waals surface area contributed by atoms with Crippen molar-refractivity contribution in [1.82, 2.24) is 0 Å². The zero-order valence-corrected chi connectivity index (χ0v) is 10.6. The second-order valence-electron chi connectivity index (χ2n) is 4.01. The van der Waals surface area contributed by atoms with E-state index >= 15 is 0 Å². The molecule has 1 aromatic heterocycles. The summed E-state index contributed by atoms with van der Waals surface area (Å²) in [6, 6.07) is 5.90. The predicted molar refractivity (Wildman–Crippen MR) is 70.5 cm³/mol. The van der Waals surface area contributed by atoms with Gasteiger partial charge in [-0.3, -0.25) is 4.79 Å².